The van der Waals surface area contributed by atoms with Gasteiger partial charge in [0.25, 0.3) is 0 Å². The van der Waals surface area contributed by atoms with E-state index in [0.29, 0.717) is 38.5 Å². The van der Waals surface area contributed by atoms with Crippen molar-refractivity contribution in [3.63, 3.8) is 0 Å². The molecule has 13 heteroatoms. The Bertz CT molecular complexity index is 1870. The van der Waals surface area contributed by atoms with Crippen molar-refractivity contribution in [2.75, 3.05) is 52.9 Å². The lowest BCUT2D eigenvalue weighted by Gasteiger charge is -2.35. The highest BCUT2D eigenvalue weighted by Crippen LogP contribution is 2.30. The Morgan fingerprint density at radius 3 is 0.312 bits per heavy atom. The van der Waals surface area contributed by atoms with E-state index in [0.717, 1.165) is 116 Å². The Balaban J connectivity index is 7.22. The largest absolute Gasteiger partial charge is 0.465 e. The van der Waals surface area contributed by atoms with E-state index >= 15 is 0 Å². The van der Waals surface area contributed by atoms with Crippen molar-refractivity contribution in [2.24, 2.45) is 10.8 Å². The third-order valence-corrected chi connectivity index (χ3v) is 26.5. The number of hydrogen-bond acceptors (Lipinski definition) is 13. The maximum Gasteiger partial charge on any atom is 0.305 e. The highest BCUT2D eigenvalue weighted by Gasteiger charge is 2.41. The lowest BCUT2D eigenvalue weighted by molar-refractivity contribution is -0.175. The van der Waals surface area contributed by atoms with Crippen LogP contribution in [0, 0.1) is 10.8 Å². The molecular formula is C112H214O13. The minimum atomic E-state index is -1.37. The van der Waals surface area contributed by atoms with Gasteiger partial charge in [-0.1, -0.05) is 542 Å². The van der Waals surface area contributed by atoms with Gasteiger partial charge in [-0.25, -0.2) is 0 Å². The summed E-state index contributed by atoms with van der Waals surface area (Å²) in [6.07, 6.45) is 102. The smallest absolute Gasteiger partial charge is 0.305 e. The molecule has 0 aliphatic rings. The van der Waals surface area contributed by atoms with Crippen LogP contribution in [-0.4, -0.2) is 88.7 Å². The molecule has 0 rings (SSSR count). The molecule has 0 N–H and O–H groups in total. The summed E-state index contributed by atoms with van der Waals surface area (Å²) in [4.78, 5) is 84.7. The molecule has 0 amide bonds. The fourth-order valence-electron chi connectivity index (χ4n) is 17.6. The minimum absolute atomic E-state index is 0.216. The van der Waals surface area contributed by atoms with Crippen molar-refractivity contribution >= 4 is 35.8 Å². The van der Waals surface area contributed by atoms with E-state index in [1.807, 2.05) is 0 Å². The molecule has 0 atom stereocenters. The molecule has 0 unspecified atom stereocenters. The normalized spacial score (nSPS) is 11.8. The number of esters is 6. The van der Waals surface area contributed by atoms with Crippen molar-refractivity contribution in [3.8, 4) is 0 Å². The second-order valence-electron chi connectivity index (χ2n) is 39.5. The van der Waals surface area contributed by atoms with Gasteiger partial charge in [0.2, 0.25) is 0 Å². The predicted octanol–water partition coefficient (Wildman–Crippen LogP) is 35.5. The van der Waals surface area contributed by atoms with Crippen LogP contribution in [-0.2, 0) is 61.9 Å². The van der Waals surface area contributed by atoms with Crippen LogP contribution < -0.4 is 0 Å². The SMILES string of the molecule is CCCCCCCCCCCCCCCCC(=O)OCC(COCC(COC(=O)CCCCCCCCCCCCCCCC)(COC(=O)CCCCCCCCCCCCCCCC)COC(=O)CCCCCCCCCCCCCCCC)(COC(=O)CCCCCCCCCCCCCCCC)COC(=O)CCCCCCCCCCCCCCCC. The Morgan fingerprint density at radius 2 is 0.216 bits per heavy atom. The molecule has 0 heterocycles. The molecule has 0 fully saturated rings. The zero-order valence-corrected chi connectivity index (χ0v) is 84.6. The second kappa shape index (κ2) is 99.8. The van der Waals surface area contributed by atoms with Crippen molar-refractivity contribution in [1.82, 2.24) is 0 Å². The van der Waals surface area contributed by atoms with Crippen LogP contribution in [0.15, 0.2) is 0 Å². The van der Waals surface area contributed by atoms with Crippen molar-refractivity contribution in [1.29, 1.82) is 0 Å². The third kappa shape index (κ3) is 91.1. The summed E-state index contributed by atoms with van der Waals surface area (Å²) in [6, 6.07) is 0. The minimum Gasteiger partial charge on any atom is -0.465 e. The van der Waals surface area contributed by atoms with E-state index in [4.69, 9.17) is 33.2 Å². The maximum absolute atomic E-state index is 14.1. The topological polar surface area (TPSA) is 167 Å². The number of hydrogen-bond donors (Lipinski definition) is 0. The summed E-state index contributed by atoms with van der Waals surface area (Å²) in [7, 11) is 0. The van der Waals surface area contributed by atoms with Gasteiger partial charge >= 0.3 is 35.8 Å². The summed E-state index contributed by atoms with van der Waals surface area (Å²) in [5, 5.41) is 0. The standard InChI is InChI=1S/C112H214O13/c1-7-13-19-25-31-37-43-49-55-61-67-73-79-85-91-105(113)120-99-111(100-121-106(114)92-86-80-74-68-62-56-50-44-38-32-26-20-14-8-2,101-122-107(115)93-87-81-75-69-63-57-51-45-39-33-27-21-15-9-3)97-119-98-112(102-123-108(116)94-88-82-76-70-64-58-52-46-40-34-28-22-16-10-4,103-124-109(117)95-89-83-77-71-65-59-53-47-41-35-29-23-17-11-5)104-125-110(118)96-90-84-78-72-66-60-54-48-42-36-30-24-18-12-6/h7-104H2,1-6H3. The Labute approximate surface area is 776 Å². The lowest BCUT2D eigenvalue weighted by Crippen LogP contribution is -2.47. The van der Waals surface area contributed by atoms with Crippen molar-refractivity contribution in [2.45, 2.75) is 619 Å². The van der Waals surface area contributed by atoms with Gasteiger partial charge in [0.05, 0.1) is 24.0 Å². The van der Waals surface area contributed by atoms with E-state index < -0.39 is 10.8 Å². The summed E-state index contributed by atoms with van der Waals surface area (Å²) in [5.74, 6) is -2.29. The molecule has 125 heavy (non-hydrogen) atoms. The van der Waals surface area contributed by atoms with Crippen molar-refractivity contribution in [3.05, 3.63) is 0 Å². The lowest BCUT2D eigenvalue weighted by atomic mass is 9.90. The van der Waals surface area contributed by atoms with Gasteiger partial charge in [0, 0.05) is 38.5 Å². The predicted molar refractivity (Wildman–Crippen MR) is 531 cm³/mol. The quantitative estimate of drug-likeness (QED) is 0.0321. The van der Waals surface area contributed by atoms with Crippen LogP contribution in [0.4, 0.5) is 0 Å². The van der Waals surface area contributed by atoms with E-state index in [-0.39, 0.29) is 127 Å². The van der Waals surface area contributed by atoms with E-state index in [9.17, 15) is 28.8 Å². The molecule has 0 aromatic heterocycles. The fraction of sp³-hybridized carbons (Fsp3) is 0.946. The average Bonchev–Trinajstić information content (AvgIpc) is 0.838. The molecule has 740 valence electrons. The molecule has 0 aliphatic heterocycles. The first-order valence-electron chi connectivity index (χ1n) is 56.0. The maximum atomic E-state index is 14.1. The zero-order valence-electron chi connectivity index (χ0n) is 84.6. The second-order valence-corrected chi connectivity index (χ2v) is 39.5. The molecule has 0 aromatic rings. The van der Waals surface area contributed by atoms with Gasteiger partial charge < -0.3 is 33.2 Å². The van der Waals surface area contributed by atoms with Crippen molar-refractivity contribution < 1.29 is 61.9 Å². The zero-order chi connectivity index (χ0) is 90.7. The first kappa shape index (κ1) is 122. The van der Waals surface area contributed by atoms with E-state index in [1.165, 1.54) is 385 Å². The van der Waals surface area contributed by atoms with Gasteiger partial charge in [-0.3, -0.25) is 28.8 Å². The molecule has 0 aromatic carbocycles. The van der Waals surface area contributed by atoms with Gasteiger partial charge in [0.1, 0.15) is 39.6 Å². The number of carbonyl (C=O) groups excluding carboxylic acids is 6. The molecule has 0 radical (unpaired) electrons. The molecular weight excluding hydrogens is 1550 g/mol. The molecule has 0 aliphatic carbocycles. The number of unbranched alkanes of at least 4 members (excludes halogenated alkanes) is 78. The molecule has 0 spiro atoms. The van der Waals surface area contributed by atoms with Crippen LogP contribution in [0.5, 0.6) is 0 Å². The third-order valence-electron chi connectivity index (χ3n) is 26.5. The first-order chi connectivity index (χ1) is 61.4. The van der Waals surface area contributed by atoms with Gasteiger partial charge in [0.15, 0.2) is 0 Å². The summed E-state index contributed by atoms with van der Waals surface area (Å²) < 4.78 is 44.6. The number of rotatable bonds is 106. The number of carbonyl (C=O) groups is 6. The fourth-order valence-corrected chi connectivity index (χ4v) is 17.6. The number of ether oxygens (including phenoxy) is 7. The monoisotopic (exact) mass is 1770 g/mol. The van der Waals surface area contributed by atoms with Crippen LogP contribution in [0.2, 0.25) is 0 Å². The average molecular weight is 1770 g/mol. The van der Waals surface area contributed by atoms with Crippen LogP contribution >= 0.6 is 0 Å². The highest BCUT2D eigenvalue weighted by molar-refractivity contribution is 5.71. The highest BCUT2D eigenvalue weighted by atomic mass is 16.6. The summed E-state index contributed by atoms with van der Waals surface area (Å²) in [5.41, 5.74) is -2.74. The molecule has 13 nitrogen and oxygen atoms in total. The van der Waals surface area contributed by atoms with Crippen LogP contribution in [0.3, 0.4) is 0 Å². The Morgan fingerprint density at radius 1 is 0.128 bits per heavy atom. The Kier molecular flexibility index (Phi) is 97.2. The molecule has 0 bridgehead atoms. The van der Waals surface area contributed by atoms with E-state index in [2.05, 4.69) is 41.5 Å². The first-order valence-corrected chi connectivity index (χ1v) is 56.0. The molecule has 0 saturated heterocycles. The van der Waals surface area contributed by atoms with Gasteiger partial charge in [-0.05, 0) is 38.5 Å². The van der Waals surface area contributed by atoms with Crippen LogP contribution in [0.25, 0.3) is 0 Å². The van der Waals surface area contributed by atoms with E-state index in [1.54, 1.807) is 0 Å². The van der Waals surface area contributed by atoms with Gasteiger partial charge in [-0.2, -0.15) is 0 Å². The molecule has 0 saturated carbocycles. The Hall–Kier alpha value is -3.22. The summed E-state index contributed by atoms with van der Waals surface area (Å²) >= 11 is 0. The summed E-state index contributed by atoms with van der Waals surface area (Å²) in [6.45, 7) is 11.6. The van der Waals surface area contributed by atoms with Crippen LogP contribution in [0.1, 0.15) is 619 Å². The van der Waals surface area contributed by atoms with Gasteiger partial charge in [-0.15, -0.1) is 0 Å².